The summed E-state index contributed by atoms with van der Waals surface area (Å²) < 4.78 is -2.22. The van der Waals surface area contributed by atoms with Gasteiger partial charge in [-0.15, -0.1) is 11.8 Å². The molecule has 4 aromatic carbocycles. The molecule has 2 atom stereocenters. The standard InChI is InChI=1S/C24H14Cl4N4O4S.C12H18Cl4N4S/c25-15-9-11(29)1-3-13(15)21-17(31(33)34)5-7-19(23(21)27)37-20-8-6-18(32(35)36)22(24(20)28)14-4-2-12(30)10-16(14)26;13-11(14)5-9(17,18)3-1-7(11)21-8-2-4-10(19,20)6-12(8,15)16/h1-10H,29-30H2;1-4,7-8H,5-6,17-20H2. The van der Waals surface area contributed by atoms with Crippen molar-refractivity contribution in [3.05, 3.63) is 125 Å². The lowest BCUT2D eigenvalue weighted by molar-refractivity contribution is -0.384. The van der Waals surface area contributed by atoms with Crippen LogP contribution in [0.25, 0.3) is 22.3 Å². The summed E-state index contributed by atoms with van der Waals surface area (Å²) in [5, 5.41) is 23.5. The van der Waals surface area contributed by atoms with Gasteiger partial charge in [0.2, 0.25) is 0 Å². The highest BCUT2D eigenvalue weighted by Crippen LogP contribution is 2.52. The molecule has 308 valence electrons. The number of benzene rings is 4. The van der Waals surface area contributed by atoms with Gasteiger partial charge in [0.25, 0.3) is 11.4 Å². The lowest BCUT2D eigenvalue weighted by atomic mass is 9.96. The number of nitrogens with two attached hydrogens (primary N) is 6. The first-order valence-corrected chi connectivity index (χ1v) is 21.3. The minimum atomic E-state index is -1.11. The average Bonchev–Trinajstić information content (AvgIpc) is 3.08. The zero-order chi connectivity index (χ0) is 43.1. The minimum Gasteiger partial charge on any atom is -0.399 e. The summed E-state index contributed by atoms with van der Waals surface area (Å²) in [6.07, 6.45) is 7.42. The Morgan fingerprint density at radius 1 is 0.603 bits per heavy atom. The van der Waals surface area contributed by atoms with Crippen LogP contribution in [0, 0.1) is 20.2 Å². The van der Waals surface area contributed by atoms with Gasteiger partial charge in [0.1, 0.15) is 8.67 Å². The number of nitrogens with zero attached hydrogens (tertiary/aromatic N) is 2. The molecular weight excluding hydrogens is 956 g/mol. The summed E-state index contributed by atoms with van der Waals surface area (Å²) >= 11 is 54.0. The van der Waals surface area contributed by atoms with Gasteiger partial charge in [-0.1, -0.05) is 141 Å². The fraction of sp³-hybridized carbons (Fsp3) is 0.222. The highest BCUT2D eigenvalue weighted by molar-refractivity contribution is 8.01. The molecule has 0 saturated carbocycles. The summed E-state index contributed by atoms with van der Waals surface area (Å²) in [6, 6.07) is 14.6. The van der Waals surface area contributed by atoms with E-state index in [0.29, 0.717) is 32.3 Å². The van der Waals surface area contributed by atoms with Gasteiger partial charge in [-0.2, -0.15) is 0 Å². The van der Waals surface area contributed by atoms with E-state index in [2.05, 4.69) is 0 Å². The smallest absolute Gasteiger partial charge is 0.278 e. The predicted octanol–water partition coefficient (Wildman–Crippen LogP) is 10.7. The maximum absolute atomic E-state index is 11.8. The topological polar surface area (TPSA) is 242 Å². The third-order valence-corrected chi connectivity index (χ3v) is 15.1. The van der Waals surface area contributed by atoms with E-state index in [4.69, 9.17) is 127 Å². The number of nitro benzene ring substituents is 2. The van der Waals surface area contributed by atoms with Crippen LogP contribution in [0.5, 0.6) is 0 Å². The Bertz CT molecular complexity index is 2190. The molecule has 12 N–H and O–H groups in total. The SMILES string of the molecule is NC1(N)C=CC(SC2C=CC(N)(N)CC2(Cl)Cl)C(Cl)(Cl)C1.Nc1ccc(-c2c([N+](=O)[O-])ccc(Sc3ccc([N+](=O)[O-])c(-c4ccc(N)cc4Cl)c3Cl)c2Cl)c(Cl)c1. The number of hydrogen-bond acceptors (Lipinski definition) is 12. The zero-order valence-corrected chi connectivity index (χ0v) is 37.2. The van der Waals surface area contributed by atoms with Gasteiger partial charge in [-0.05, 0) is 36.4 Å². The van der Waals surface area contributed by atoms with Crippen molar-refractivity contribution in [1.82, 2.24) is 0 Å². The van der Waals surface area contributed by atoms with Crippen molar-refractivity contribution in [2.24, 2.45) is 22.9 Å². The van der Waals surface area contributed by atoms with Crippen LogP contribution in [-0.2, 0) is 0 Å². The largest absolute Gasteiger partial charge is 0.399 e. The second kappa shape index (κ2) is 17.9. The third kappa shape index (κ3) is 10.7. The van der Waals surface area contributed by atoms with Gasteiger partial charge in [-0.25, -0.2) is 0 Å². The zero-order valence-electron chi connectivity index (χ0n) is 29.5. The number of thioether (sulfide) groups is 1. The summed E-state index contributed by atoms with van der Waals surface area (Å²) in [4.78, 5) is 23.2. The first-order chi connectivity index (χ1) is 26.8. The van der Waals surface area contributed by atoms with E-state index in [1.807, 2.05) is 0 Å². The Balaban J connectivity index is 0.000000258. The second-order valence-corrected chi connectivity index (χ2v) is 20.5. The van der Waals surface area contributed by atoms with Crippen molar-refractivity contribution < 1.29 is 9.85 Å². The van der Waals surface area contributed by atoms with Crippen molar-refractivity contribution >= 4 is 139 Å². The van der Waals surface area contributed by atoms with Crippen molar-refractivity contribution in [3.63, 3.8) is 0 Å². The lowest BCUT2D eigenvalue weighted by Crippen LogP contribution is -2.57. The van der Waals surface area contributed by atoms with E-state index in [0.717, 1.165) is 11.8 Å². The summed E-state index contributed by atoms with van der Waals surface area (Å²) in [7, 11) is 0. The molecular formula is C36H32Cl8N8O4S2. The van der Waals surface area contributed by atoms with E-state index in [1.165, 1.54) is 48.2 Å². The number of anilines is 2. The van der Waals surface area contributed by atoms with E-state index >= 15 is 0 Å². The third-order valence-electron chi connectivity index (χ3n) is 8.68. The molecule has 0 aliphatic heterocycles. The highest BCUT2D eigenvalue weighted by atomic mass is 35.5. The quantitative estimate of drug-likeness (QED) is 0.0241. The van der Waals surface area contributed by atoms with E-state index < -0.39 is 29.8 Å². The van der Waals surface area contributed by atoms with Crippen LogP contribution in [0.3, 0.4) is 0 Å². The number of rotatable bonds is 8. The van der Waals surface area contributed by atoms with Crippen LogP contribution >= 0.6 is 116 Å². The van der Waals surface area contributed by atoms with Gasteiger partial charge < -0.3 is 34.4 Å². The lowest BCUT2D eigenvalue weighted by Gasteiger charge is -2.42. The fourth-order valence-electron chi connectivity index (χ4n) is 6.05. The normalized spacial score (nSPS) is 19.9. The summed E-state index contributed by atoms with van der Waals surface area (Å²) in [6.45, 7) is 0. The van der Waals surface area contributed by atoms with Crippen molar-refractivity contribution in [2.45, 2.75) is 53.1 Å². The van der Waals surface area contributed by atoms with E-state index in [-0.39, 0.29) is 65.9 Å². The van der Waals surface area contributed by atoms with Crippen LogP contribution in [0.1, 0.15) is 12.8 Å². The Morgan fingerprint density at radius 3 is 1.28 bits per heavy atom. The van der Waals surface area contributed by atoms with Crippen molar-refractivity contribution in [2.75, 3.05) is 11.5 Å². The molecule has 2 aliphatic carbocycles. The molecule has 0 amide bonds. The first kappa shape index (κ1) is 46.7. The van der Waals surface area contributed by atoms with Crippen LogP contribution in [-0.4, -0.2) is 40.3 Å². The number of nitrogen functional groups attached to an aromatic ring is 2. The van der Waals surface area contributed by atoms with Crippen LogP contribution < -0.4 is 34.4 Å². The molecule has 0 heterocycles. The Kier molecular flexibility index (Phi) is 14.4. The molecule has 2 aliphatic rings. The molecule has 2 unspecified atom stereocenters. The van der Waals surface area contributed by atoms with Crippen molar-refractivity contribution in [1.29, 1.82) is 0 Å². The molecule has 58 heavy (non-hydrogen) atoms. The van der Waals surface area contributed by atoms with Gasteiger partial charge in [0, 0.05) is 57.3 Å². The molecule has 6 rings (SSSR count). The molecule has 22 heteroatoms. The van der Waals surface area contributed by atoms with E-state index in [9.17, 15) is 20.2 Å². The minimum absolute atomic E-state index is 0.0485. The van der Waals surface area contributed by atoms with Gasteiger partial charge in [-0.3, -0.25) is 20.2 Å². The van der Waals surface area contributed by atoms with Gasteiger partial charge >= 0.3 is 0 Å². The number of nitro groups is 2. The maximum Gasteiger partial charge on any atom is 0.278 e. The predicted molar refractivity (Wildman–Crippen MR) is 244 cm³/mol. The molecule has 0 spiro atoms. The molecule has 12 nitrogen and oxygen atoms in total. The Labute approximate surface area is 381 Å². The maximum atomic E-state index is 11.8. The van der Waals surface area contributed by atoms with Gasteiger partial charge in [0.05, 0.1) is 62.9 Å². The number of halogens is 8. The molecule has 0 saturated heterocycles. The molecule has 0 radical (unpaired) electrons. The molecule has 4 aromatic rings. The summed E-state index contributed by atoms with van der Waals surface area (Å²) in [5.41, 5.74) is 34.0. The summed E-state index contributed by atoms with van der Waals surface area (Å²) in [5.74, 6) is 0. The van der Waals surface area contributed by atoms with Crippen molar-refractivity contribution in [3.8, 4) is 22.3 Å². The Morgan fingerprint density at radius 2 is 0.966 bits per heavy atom. The van der Waals surface area contributed by atoms with E-state index in [1.54, 1.807) is 48.6 Å². The fourth-order valence-corrected chi connectivity index (χ4v) is 11.3. The number of hydrogen-bond donors (Lipinski definition) is 6. The van der Waals surface area contributed by atoms with Crippen LogP contribution in [0.2, 0.25) is 20.1 Å². The first-order valence-electron chi connectivity index (χ1n) is 16.5. The average molecular weight is 988 g/mol. The second-order valence-electron chi connectivity index (χ2n) is 13.4. The molecule has 0 aromatic heterocycles. The monoisotopic (exact) mass is 984 g/mol. The van der Waals surface area contributed by atoms with Crippen LogP contribution in [0.15, 0.2) is 94.8 Å². The van der Waals surface area contributed by atoms with Crippen LogP contribution in [0.4, 0.5) is 22.7 Å². The highest BCUT2D eigenvalue weighted by Gasteiger charge is 2.48. The molecule has 0 bridgehead atoms. The molecule has 0 fully saturated rings. The number of alkyl halides is 4. The van der Waals surface area contributed by atoms with Gasteiger partial charge in [0.15, 0.2) is 0 Å². The Hall–Kier alpha value is -2.38.